The Morgan fingerprint density at radius 1 is 0.909 bits per heavy atom. The van der Waals surface area contributed by atoms with Crippen LogP contribution in [-0.4, -0.2) is 31.7 Å². The standard InChI is InChI=1S/C26H29FN2O3S/c1-19-15-20(2)26(21(3)16-19)33(31,32)29(14-13-22-7-5-4-6-8-22)18-25(30)28-17-23-9-11-24(27)12-10-23/h4-12,15-16H,13-14,17-18H2,1-3H3,(H,28,30). The quantitative estimate of drug-likeness (QED) is 0.509. The summed E-state index contributed by atoms with van der Waals surface area (Å²) in [6, 6.07) is 19.0. The highest BCUT2D eigenvalue weighted by atomic mass is 32.2. The Morgan fingerprint density at radius 3 is 2.12 bits per heavy atom. The fraction of sp³-hybridized carbons (Fsp3) is 0.269. The largest absolute Gasteiger partial charge is 0.351 e. The molecule has 0 spiro atoms. The van der Waals surface area contributed by atoms with Crippen LogP contribution in [0, 0.1) is 26.6 Å². The number of hydrogen-bond donors (Lipinski definition) is 1. The van der Waals surface area contributed by atoms with Crippen molar-refractivity contribution in [3.63, 3.8) is 0 Å². The van der Waals surface area contributed by atoms with Gasteiger partial charge < -0.3 is 5.32 Å². The molecule has 0 aromatic heterocycles. The fourth-order valence-electron chi connectivity index (χ4n) is 3.90. The lowest BCUT2D eigenvalue weighted by molar-refractivity contribution is -0.121. The number of sulfonamides is 1. The van der Waals surface area contributed by atoms with E-state index in [0.717, 1.165) is 16.7 Å². The Labute approximate surface area is 195 Å². The van der Waals surface area contributed by atoms with Gasteiger partial charge in [-0.15, -0.1) is 0 Å². The van der Waals surface area contributed by atoms with E-state index in [4.69, 9.17) is 0 Å². The first-order valence-electron chi connectivity index (χ1n) is 10.8. The lowest BCUT2D eigenvalue weighted by Crippen LogP contribution is -2.42. The topological polar surface area (TPSA) is 66.5 Å². The Morgan fingerprint density at radius 2 is 1.52 bits per heavy atom. The average Bonchev–Trinajstić information content (AvgIpc) is 2.76. The number of rotatable bonds is 9. The number of hydrogen-bond acceptors (Lipinski definition) is 3. The molecule has 0 bridgehead atoms. The second-order valence-electron chi connectivity index (χ2n) is 8.21. The van der Waals surface area contributed by atoms with Crippen LogP contribution in [0.5, 0.6) is 0 Å². The van der Waals surface area contributed by atoms with Crippen LogP contribution < -0.4 is 5.32 Å². The molecule has 0 saturated carbocycles. The minimum Gasteiger partial charge on any atom is -0.351 e. The van der Waals surface area contributed by atoms with E-state index in [1.54, 1.807) is 26.0 Å². The molecule has 0 aliphatic heterocycles. The minimum absolute atomic E-state index is 0.170. The van der Waals surface area contributed by atoms with E-state index in [-0.39, 0.29) is 30.3 Å². The molecule has 0 heterocycles. The zero-order valence-corrected chi connectivity index (χ0v) is 20.0. The van der Waals surface area contributed by atoms with Gasteiger partial charge in [0.1, 0.15) is 5.82 Å². The highest BCUT2D eigenvalue weighted by molar-refractivity contribution is 7.89. The van der Waals surface area contributed by atoms with Crippen molar-refractivity contribution >= 4 is 15.9 Å². The number of nitrogens with one attached hydrogen (secondary N) is 1. The Kier molecular flexibility index (Phi) is 8.00. The third kappa shape index (κ3) is 6.49. The second kappa shape index (κ2) is 10.7. The van der Waals surface area contributed by atoms with E-state index in [2.05, 4.69) is 5.32 Å². The summed E-state index contributed by atoms with van der Waals surface area (Å²) < 4.78 is 41.7. The van der Waals surface area contributed by atoms with Gasteiger partial charge in [0.2, 0.25) is 15.9 Å². The third-order valence-electron chi connectivity index (χ3n) is 5.42. The van der Waals surface area contributed by atoms with Gasteiger partial charge in [-0.05, 0) is 61.6 Å². The van der Waals surface area contributed by atoms with Crippen molar-refractivity contribution in [1.29, 1.82) is 0 Å². The number of carbonyl (C=O) groups excluding carboxylic acids is 1. The minimum atomic E-state index is -3.91. The molecule has 1 amide bonds. The Bertz CT molecular complexity index is 1190. The van der Waals surface area contributed by atoms with Gasteiger partial charge in [0.15, 0.2) is 0 Å². The van der Waals surface area contributed by atoms with Crippen molar-refractivity contribution in [2.75, 3.05) is 13.1 Å². The molecular formula is C26H29FN2O3S. The molecule has 7 heteroatoms. The zero-order chi connectivity index (χ0) is 24.0. The van der Waals surface area contributed by atoms with Crippen molar-refractivity contribution in [3.05, 3.63) is 100 Å². The third-order valence-corrected chi connectivity index (χ3v) is 7.57. The predicted octanol–water partition coefficient (Wildman–Crippen LogP) is 4.30. The first-order valence-corrected chi connectivity index (χ1v) is 12.2. The summed E-state index contributed by atoms with van der Waals surface area (Å²) in [6.45, 7) is 5.53. The summed E-state index contributed by atoms with van der Waals surface area (Å²) in [6.07, 6.45) is 0.481. The molecule has 0 aliphatic rings. The normalized spacial score (nSPS) is 11.5. The molecule has 0 atom stereocenters. The number of carbonyl (C=O) groups is 1. The second-order valence-corrected chi connectivity index (χ2v) is 10.1. The van der Waals surface area contributed by atoms with Crippen molar-refractivity contribution in [1.82, 2.24) is 9.62 Å². The van der Waals surface area contributed by atoms with Crippen LogP contribution in [0.4, 0.5) is 4.39 Å². The van der Waals surface area contributed by atoms with Crippen LogP contribution in [0.25, 0.3) is 0 Å². The monoisotopic (exact) mass is 468 g/mol. The van der Waals surface area contributed by atoms with E-state index in [0.29, 0.717) is 17.5 Å². The number of benzene rings is 3. The van der Waals surface area contributed by atoms with E-state index in [1.807, 2.05) is 49.4 Å². The maximum absolute atomic E-state index is 13.7. The highest BCUT2D eigenvalue weighted by Crippen LogP contribution is 2.25. The first kappa shape index (κ1) is 24.6. The first-order chi connectivity index (χ1) is 15.7. The van der Waals surface area contributed by atoms with Gasteiger partial charge in [0, 0.05) is 13.1 Å². The van der Waals surface area contributed by atoms with Crippen LogP contribution in [-0.2, 0) is 27.8 Å². The summed E-state index contributed by atoms with van der Waals surface area (Å²) in [5.74, 6) is -0.773. The molecule has 0 fully saturated rings. The number of aryl methyl sites for hydroxylation is 3. The van der Waals surface area contributed by atoms with Crippen LogP contribution in [0.3, 0.4) is 0 Å². The predicted molar refractivity (Wildman–Crippen MR) is 128 cm³/mol. The molecule has 0 aliphatic carbocycles. The maximum atomic E-state index is 13.7. The Balaban J connectivity index is 1.82. The maximum Gasteiger partial charge on any atom is 0.244 e. The van der Waals surface area contributed by atoms with E-state index in [1.165, 1.54) is 16.4 Å². The molecule has 3 aromatic carbocycles. The van der Waals surface area contributed by atoms with Gasteiger partial charge in [-0.3, -0.25) is 4.79 Å². The molecule has 3 aromatic rings. The fourth-order valence-corrected chi connectivity index (χ4v) is 5.71. The molecule has 33 heavy (non-hydrogen) atoms. The van der Waals surface area contributed by atoms with Crippen molar-refractivity contribution in [2.45, 2.75) is 38.6 Å². The zero-order valence-electron chi connectivity index (χ0n) is 19.1. The molecular weight excluding hydrogens is 439 g/mol. The molecule has 0 unspecified atom stereocenters. The summed E-state index contributed by atoms with van der Waals surface area (Å²) in [4.78, 5) is 13.0. The van der Waals surface area contributed by atoms with E-state index >= 15 is 0 Å². The van der Waals surface area contributed by atoms with E-state index in [9.17, 15) is 17.6 Å². The van der Waals surface area contributed by atoms with Crippen LogP contribution in [0.15, 0.2) is 71.6 Å². The number of amides is 1. The molecule has 1 N–H and O–H groups in total. The number of halogens is 1. The van der Waals surface area contributed by atoms with Crippen molar-refractivity contribution < 1.29 is 17.6 Å². The van der Waals surface area contributed by atoms with Gasteiger partial charge in [-0.1, -0.05) is 60.2 Å². The number of nitrogens with zero attached hydrogens (tertiary/aromatic N) is 1. The van der Waals surface area contributed by atoms with Gasteiger partial charge in [-0.2, -0.15) is 4.31 Å². The van der Waals surface area contributed by atoms with Crippen LogP contribution >= 0.6 is 0 Å². The summed E-state index contributed by atoms with van der Waals surface area (Å²) in [7, 11) is -3.91. The summed E-state index contributed by atoms with van der Waals surface area (Å²) in [5.41, 5.74) is 4.01. The van der Waals surface area contributed by atoms with Gasteiger partial charge >= 0.3 is 0 Å². The lowest BCUT2D eigenvalue weighted by atomic mass is 10.1. The smallest absolute Gasteiger partial charge is 0.244 e. The SMILES string of the molecule is Cc1cc(C)c(S(=O)(=O)N(CCc2ccccc2)CC(=O)NCc2ccc(F)cc2)c(C)c1. The van der Waals surface area contributed by atoms with Crippen LogP contribution in [0.2, 0.25) is 0 Å². The van der Waals surface area contributed by atoms with Gasteiger partial charge in [0.05, 0.1) is 11.4 Å². The van der Waals surface area contributed by atoms with Crippen LogP contribution in [0.1, 0.15) is 27.8 Å². The van der Waals surface area contributed by atoms with Crippen molar-refractivity contribution in [2.24, 2.45) is 0 Å². The van der Waals surface area contributed by atoms with Crippen molar-refractivity contribution in [3.8, 4) is 0 Å². The van der Waals surface area contributed by atoms with Gasteiger partial charge in [0.25, 0.3) is 0 Å². The summed E-state index contributed by atoms with van der Waals surface area (Å²) >= 11 is 0. The molecule has 0 saturated heterocycles. The molecule has 3 rings (SSSR count). The lowest BCUT2D eigenvalue weighted by Gasteiger charge is -2.24. The molecule has 174 valence electrons. The van der Waals surface area contributed by atoms with E-state index < -0.39 is 15.9 Å². The Hall–Kier alpha value is -3.03. The molecule has 0 radical (unpaired) electrons. The highest BCUT2D eigenvalue weighted by Gasteiger charge is 2.29. The summed E-state index contributed by atoms with van der Waals surface area (Å²) in [5, 5.41) is 2.74. The average molecular weight is 469 g/mol. The molecule has 5 nitrogen and oxygen atoms in total. The van der Waals surface area contributed by atoms with Gasteiger partial charge in [-0.25, -0.2) is 12.8 Å².